The van der Waals surface area contributed by atoms with Crippen LogP contribution in [0.5, 0.6) is 0 Å². The number of nitrogens with two attached hydrogens (primary N) is 1. The molecular formula is C15H21N3S. The normalized spacial score (nSPS) is 16.7. The van der Waals surface area contributed by atoms with E-state index in [0.717, 1.165) is 18.0 Å². The van der Waals surface area contributed by atoms with E-state index in [-0.39, 0.29) is 0 Å². The van der Waals surface area contributed by atoms with Crippen molar-refractivity contribution in [3.8, 4) is 0 Å². The first-order chi connectivity index (χ1) is 9.20. The van der Waals surface area contributed by atoms with Crippen molar-refractivity contribution < 1.29 is 0 Å². The topological polar surface area (TPSA) is 42.2 Å². The Kier molecular flexibility index (Phi) is 3.71. The minimum absolute atomic E-state index is 0.659. The van der Waals surface area contributed by atoms with Crippen LogP contribution >= 0.6 is 11.3 Å². The first-order valence-electron chi connectivity index (χ1n) is 7.04. The minimum Gasteiger partial charge on any atom is -0.375 e. The van der Waals surface area contributed by atoms with Gasteiger partial charge in [0.15, 0.2) is 5.13 Å². The molecule has 4 heteroatoms. The van der Waals surface area contributed by atoms with E-state index in [1.807, 2.05) is 0 Å². The van der Waals surface area contributed by atoms with Gasteiger partial charge in [0, 0.05) is 13.1 Å². The fraction of sp³-hybridized carbons (Fsp3) is 0.533. The molecule has 0 saturated heterocycles. The lowest BCUT2D eigenvalue weighted by Crippen LogP contribution is -2.24. The fourth-order valence-corrected chi connectivity index (χ4v) is 3.89. The number of nitrogens with zero attached hydrogens (tertiary/aromatic N) is 2. The van der Waals surface area contributed by atoms with Gasteiger partial charge in [0.2, 0.25) is 0 Å². The third-order valence-electron chi connectivity index (χ3n) is 3.97. The summed E-state index contributed by atoms with van der Waals surface area (Å²) in [5.41, 5.74) is 8.12. The molecule has 19 heavy (non-hydrogen) atoms. The van der Waals surface area contributed by atoms with E-state index in [2.05, 4.69) is 35.1 Å². The van der Waals surface area contributed by atoms with Crippen molar-refractivity contribution in [2.24, 2.45) is 5.92 Å². The van der Waals surface area contributed by atoms with Gasteiger partial charge < -0.3 is 10.6 Å². The molecule has 2 N–H and O–H groups in total. The highest BCUT2D eigenvalue weighted by Crippen LogP contribution is 2.27. The predicted molar refractivity (Wildman–Crippen MR) is 82.3 cm³/mol. The Balaban J connectivity index is 1.66. The van der Waals surface area contributed by atoms with Gasteiger partial charge in [-0.1, -0.05) is 30.2 Å². The van der Waals surface area contributed by atoms with Crippen LogP contribution in [0.15, 0.2) is 18.2 Å². The van der Waals surface area contributed by atoms with E-state index < -0.39 is 0 Å². The number of nitrogen functional groups attached to an aromatic ring is 1. The molecule has 1 aliphatic carbocycles. The molecule has 1 saturated carbocycles. The molecule has 0 radical (unpaired) electrons. The Morgan fingerprint density at radius 3 is 2.95 bits per heavy atom. The molecule has 1 aromatic carbocycles. The van der Waals surface area contributed by atoms with E-state index in [1.54, 1.807) is 11.3 Å². The zero-order valence-corrected chi connectivity index (χ0v) is 12.2. The van der Waals surface area contributed by atoms with Gasteiger partial charge in [0.25, 0.3) is 0 Å². The smallest absolute Gasteiger partial charge is 0.181 e. The van der Waals surface area contributed by atoms with Crippen molar-refractivity contribution >= 4 is 26.7 Å². The van der Waals surface area contributed by atoms with Gasteiger partial charge in [-0.3, -0.25) is 0 Å². The molecule has 0 amide bonds. The van der Waals surface area contributed by atoms with E-state index in [0.29, 0.717) is 5.13 Å². The molecule has 1 heterocycles. The van der Waals surface area contributed by atoms with Crippen LogP contribution in [0, 0.1) is 5.92 Å². The average molecular weight is 275 g/mol. The Morgan fingerprint density at radius 1 is 1.37 bits per heavy atom. The van der Waals surface area contributed by atoms with E-state index in [9.17, 15) is 0 Å². The lowest BCUT2D eigenvalue weighted by molar-refractivity contribution is 0.271. The highest BCUT2D eigenvalue weighted by Gasteiger charge is 2.16. The van der Waals surface area contributed by atoms with Crippen LogP contribution in [0.2, 0.25) is 0 Å². The molecule has 1 aliphatic rings. The second-order valence-electron chi connectivity index (χ2n) is 5.70. The molecule has 1 aromatic heterocycles. The van der Waals surface area contributed by atoms with Crippen molar-refractivity contribution in [1.29, 1.82) is 0 Å². The summed E-state index contributed by atoms with van der Waals surface area (Å²) in [7, 11) is 2.23. The molecule has 2 aromatic rings. The standard InChI is InChI=1S/C15H21N3S/c1-18(9-11-4-2-3-5-11)10-12-6-7-13-14(8-12)19-15(16)17-13/h6-8,11H,2-5,9-10H2,1H3,(H2,16,17). The second kappa shape index (κ2) is 5.47. The first kappa shape index (κ1) is 12.9. The summed E-state index contributed by atoms with van der Waals surface area (Å²) >= 11 is 1.57. The summed E-state index contributed by atoms with van der Waals surface area (Å²) in [5.74, 6) is 0.910. The molecule has 3 nitrogen and oxygen atoms in total. The maximum absolute atomic E-state index is 5.75. The Hall–Kier alpha value is -1.13. The number of fused-ring (bicyclic) bond motifs is 1. The largest absolute Gasteiger partial charge is 0.375 e. The molecule has 0 atom stereocenters. The Bertz CT molecular complexity index is 558. The third kappa shape index (κ3) is 3.07. The molecule has 0 spiro atoms. The molecule has 0 bridgehead atoms. The molecule has 1 fully saturated rings. The van der Waals surface area contributed by atoms with Crippen LogP contribution in [-0.2, 0) is 6.54 Å². The SMILES string of the molecule is CN(Cc1ccc2nc(N)sc2c1)CC1CCCC1. The summed E-state index contributed by atoms with van der Waals surface area (Å²) < 4.78 is 1.20. The van der Waals surface area contributed by atoms with Crippen LogP contribution in [0.4, 0.5) is 5.13 Å². The Morgan fingerprint density at radius 2 is 2.16 bits per heavy atom. The van der Waals surface area contributed by atoms with Crippen molar-refractivity contribution in [2.75, 3.05) is 19.3 Å². The predicted octanol–water partition coefficient (Wildman–Crippen LogP) is 3.50. The number of hydrogen-bond donors (Lipinski definition) is 1. The minimum atomic E-state index is 0.659. The molecular weight excluding hydrogens is 254 g/mol. The van der Waals surface area contributed by atoms with E-state index in [1.165, 1.54) is 42.5 Å². The summed E-state index contributed by atoms with van der Waals surface area (Å²) in [6.07, 6.45) is 5.67. The summed E-state index contributed by atoms with van der Waals surface area (Å²) in [6, 6.07) is 6.49. The van der Waals surface area contributed by atoms with Crippen LogP contribution in [0.3, 0.4) is 0 Å². The van der Waals surface area contributed by atoms with Gasteiger partial charge in [0.1, 0.15) is 0 Å². The van der Waals surface area contributed by atoms with E-state index >= 15 is 0 Å². The van der Waals surface area contributed by atoms with Crippen LogP contribution in [-0.4, -0.2) is 23.5 Å². The number of aromatic nitrogens is 1. The maximum Gasteiger partial charge on any atom is 0.181 e. The Labute approximate surface area is 118 Å². The van der Waals surface area contributed by atoms with Crippen LogP contribution < -0.4 is 5.73 Å². The number of hydrogen-bond acceptors (Lipinski definition) is 4. The molecule has 3 rings (SSSR count). The zero-order chi connectivity index (χ0) is 13.2. The average Bonchev–Trinajstić information content (AvgIpc) is 2.96. The van der Waals surface area contributed by atoms with Gasteiger partial charge in [-0.25, -0.2) is 4.98 Å². The summed E-state index contributed by atoms with van der Waals surface area (Å²) in [4.78, 5) is 6.75. The van der Waals surface area contributed by atoms with Crippen LogP contribution in [0.25, 0.3) is 10.2 Å². The number of thiazole rings is 1. The van der Waals surface area contributed by atoms with Gasteiger partial charge >= 0.3 is 0 Å². The van der Waals surface area contributed by atoms with Crippen molar-refractivity contribution in [3.05, 3.63) is 23.8 Å². The van der Waals surface area contributed by atoms with Gasteiger partial charge in [-0.2, -0.15) is 0 Å². The van der Waals surface area contributed by atoms with Crippen molar-refractivity contribution in [1.82, 2.24) is 9.88 Å². The third-order valence-corrected chi connectivity index (χ3v) is 4.81. The molecule has 0 unspecified atom stereocenters. The number of benzene rings is 1. The highest BCUT2D eigenvalue weighted by atomic mass is 32.1. The number of anilines is 1. The van der Waals surface area contributed by atoms with Crippen LogP contribution in [0.1, 0.15) is 31.2 Å². The highest BCUT2D eigenvalue weighted by molar-refractivity contribution is 7.22. The van der Waals surface area contributed by atoms with Crippen molar-refractivity contribution in [3.63, 3.8) is 0 Å². The van der Waals surface area contributed by atoms with Gasteiger partial charge in [0.05, 0.1) is 10.2 Å². The van der Waals surface area contributed by atoms with Gasteiger partial charge in [-0.05, 0) is 43.5 Å². The first-order valence-corrected chi connectivity index (χ1v) is 7.86. The maximum atomic E-state index is 5.75. The second-order valence-corrected chi connectivity index (χ2v) is 6.76. The summed E-state index contributed by atoms with van der Waals surface area (Å²) in [6.45, 7) is 2.24. The zero-order valence-electron chi connectivity index (χ0n) is 11.4. The molecule has 0 aliphatic heterocycles. The lowest BCUT2D eigenvalue weighted by atomic mass is 10.1. The van der Waals surface area contributed by atoms with Crippen molar-refractivity contribution in [2.45, 2.75) is 32.2 Å². The fourth-order valence-electron chi connectivity index (χ4n) is 3.10. The van der Waals surface area contributed by atoms with Gasteiger partial charge in [-0.15, -0.1) is 0 Å². The lowest BCUT2D eigenvalue weighted by Gasteiger charge is -2.20. The number of rotatable bonds is 4. The monoisotopic (exact) mass is 275 g/mol. The quantitative estimate of drug-likeness (QED) is 0.928. The molecule has 102 valence electrons. The van der Waals surface area contributed by atoms with E-state index in [4.69, 9.17) is 5.73 Å². The summed E-state index contributed by atoms with van der Waals surface area (Å²) in [5, 5.41) is 0.659.